The van der Waals surface area contributed by atoms with Crippen LogP contribution in [0, 0.1) is 6.92 Å². The summed E-state index contributed by atoms with van der Waals surface area (Å²) in [5, 5.41) is 9.40. The molecule has 0 bridgehead atoms. The van der Waals surface area contributed by atoms with Crippen LogP contribution in [-0.2, 0) is 0 Å². The first kappa shape index (κ1) is 11.0. The Balaban J connectivity index is 2.24. The van der Waals surface area contributed by atoms with E-state index < -0.39 is 0 Å². The van der Waals surface area contributed by atoms with E-state index >= 15 is 0 Å². The van der Waals surface area contributed by atoms with Crippen molar-refractivity contribution in [2.24, 2.45) is 0 Å². The average molecular weight is 220 g/mol. The van der Waals surface area contributed by atoms with E-state index in [2.05, 4.69) is 0 Å². The average Bonchev–Trinajstić information content (AvgIpc) is 2.68. The number of aliphatic hydroxyl groups excluding tert-OH is 1. The molecular weight excluding hydrogens is 204 g/mol. The number of amides is 1. The van der Waals surface area contributed by atoms with Gasteiger partial charge in [0, 0.05) is 24.3 Å². The van der Waals surface area contributed by atoms with E-state index in [1.807, 2.05) is 6.92 Å². The molecule has 1 saturated heterocycles. The molecular formula is C12H16N2O2. The highest BCUT2D eigenvalue weighted by atomic mass is 16.3. The highest BCUT2D eigenvalue weighted by Gasteiger charge is 2.26. The first-order valence-electron chi connectivity index (χ1n) is 5.42. The van der Waals surface area contributed by atoms with Crippen molar-refractivity contribution >= 4 is 11.6 Å². The van der Waals surface area contributed by atoms with E-state index in [-0.39, 0.29) is 12.0 Å². The van der Waals surface area contributed by atoms with E-state index in [1.165, 1.54) is 0 Å². The number of nitrogen functional groups attached to an aromatic ring is 1. The summed E-state index contributed by atoms with van der Waals surface area (Å²) in [7, 11) is 0. The van der Waals surface area contributed by atoms with E-state index in [0.29, 0.717) is 30.8 Å². The summed E-state index contributed by atoms with van der Waals surface area (Å²) in [4.78, 5) is 13.8. The molecule has 0 saturated carbocycles. The molecule has 3 N–H and O–H groups in total. The fraction of sp³-hybridized carbons (Fsp3) is 0.417. The van der Waals surface area contributed by atoms with Crippen molar-refractivity contribution in [1.82, 2.24) is 4.90 Å². The van der Waals surface area contributed by atoms with Crippen molar-refractivity contribution in [3.05, 3.63) is 29.3 Å². The van der Waals surface area contributed by atoms with E-state index in [1.54, 1.807) is 23.1 Å². The van der Waals surface area contributed by atoms with Crippen molar-refractivity contribution in [3.8, 4) is 0 Å². The maximum atomic E-state index is 12.1. The van der Waals surface area contributed by atoms with Gasteiger partial charge in [-0.05, 0) is 31.0 Å². The molecule has 0 aliphatic carbocycles. The topological polar surface area (TPSA) is 66.6 Å². The molecule has 0 aromatic heterocycles. The standard InChI is InChI=1S/C12H16N2O2/c1-8-10(3-2-4-11(8)13)12(16)14-6-5-9(15)7-14/h2-4,9,15H,5-7,13H2,1H3/t9-/m0/s1. The van der Waals surface area contributed by atoms with Crippen LogP contribution >= 0.6 is 0 Å². The molecule has 1 atom stereocenters. The lowest BCUT2D eigenvalue weighted by atomic mass is 10.1. The van der Waals surface area contributed by atoms with Crippen LogP contribution in [0.2, 0.25) is 0 Å². The van der Waals surface area contributed by atoms with E-state index in [0.717, 1.165) is 5.56 Å². The van der Waals surface area contributed by atoms with Crippen LogP contribution in [0.4, 0.5) is 5.69 Å². The smallest absolute Gasteiger partial charge is 0.254 e. The Morgan fingerprint density at radius 3 is 2.94 bits per heavy atom. The summed E-state index contributed by atoms with van der Waals surface area (Å²) in [6.45, 7) is 2.89. The zero-order valence-electron chi connectivity index (χ0n) is 9.31. The summed E-state index contributed by atoms with van der Waals surface area (Å²) >= 11 is 0. The second-order valence-electron chi connectivity index (χ2n) is 4.21. The number of aliphatic hydroxyl groups is 1. The van der Waals surface area contributed by atoms with Crippen LogP contribution in [-0.4, -0.2) is 35.1 Å². The number of benzene rings is 1. The van der Waals surface area contributed by atoms with Gasteiger partial charge in [-0.1, -0.05) is 6.07 Å². The van der Waals surface area contributed by atoms with Crippen LogP contribution < -0.4 is 5.73 Å². The number of hydrogen-bond donors (Lipinski definition) is 2. The largest absolute Gasteiger partial charge is 0.398 e. The van der Waals surface area contributed by atoms with Crippen LogP contribution in [0.15, 0.2) is 18.2 Å². The van der Waals surface area contributed by atoms with E-state index in [4.69, 9.17) is 5.73 Å². The molecule has 1 fully saturated rings. The number of nitrogens with two attached hydrogens (primary N) is 1. The van der Waals surface area contributed by atoms with Crippen molar-refractivity contribution in [3.63, 3.8) is 0 Å². The summed E-state index contributed by atoms with van der Waals surface area (Å²) in [5.74, 6) is -0.0404. The minimum absolute atomic E-state index is 0.0404. The van der Waals surface area contributed by atoms with Gasteiger partial charge in [0.25, 0.3) is 5.91 Å². The number of likely N-dealkylation sites (tertiary alicyclic amines) is 1. The monoisotopic (exact) mass is 220 g/mol. The van der Waals surface area contributed by atoms with Crippen molar-refractivity contribution in [1.29, 1.82) is 0 Å². The van der Waals surface area contributed by atoms with Crippen LogP contribution in [0.1, 0.15) is 22.3 Å². The third-order valence-electron chi connectivity index (χ3n) is 3.06. The quantitative estimate of drug-likeness (QED) is 0.687. The molecule has 0 spiro atoms. The van der Waals surface area contributed by atoms with Crippen molar-refractivity contribution < 1.29 is 9.90 Å². The normalized spacial score (nSPS) is 20.1. The van der Waals surface area contributed by atoms with Gasteiger partial charge in [-0.25, -0.2) is 0 Å². The van der Waals surface area contributed by atoms with Gasteiger partial charge in [0.15, 0.2) is 0 Å². The number of rotatable bonds is 1. The summed E-state index contributed by atoms with van der Waals surface area (Å²) in [6, 6.07) is 5.34. The van der Waals surface area contributed by atoms with Gasteiger partial charge in [-0.2, -0.15) is 0 Å². The van der Waals surface area contributed by atoms with Crippen molar-refractivity contribution in [2.75, 3.05) is 18.8 Å². The van der Waals surface area contributed by atoms with Gasteiger partial charge in [0.1, 0.15) is 0 Å². The molecule has 1 aromatic rings. The lowest BCUT2D eigenvalue weighted by Gasteiger charge is -2.17. The lowest BCUT2D eigenvalue weighted by molar-refractivity contribution is 0.0764. The van der Waals surface area contributed by atoms with Crippen LogP contribution in [0.5, 0.6) is 0 Å². The van der Waals surface area contributed by atoms with Crippen LogP contribution in [0.25, 0.3) is 0 Å². The number of hydrogen-bond acceptors (Lipinski definition) is 3. The second-order valence-corrected chi connectivity index (χ2v) is 4.21. The molecule has 86 valence electrons. The molecule has 0 unspecified atom stereocenters. The maximum absolute atomic E-state index is 12.1. The van der Waals surface area contributed by atoms with Gasteiger partial charge < -0.3 is 15.7 Å². The predicted octanol–water partition coefficient (Wildman–Crippen LogP) is 0.784. The zero-order chi connectivity index (χ0) is 11.7. The third kappa shape index (κ3) is 1.88. The Bertz CT molecular complexity index is 417. The van der Waals surface area contributed by atoms with Crippen LogP contribution in [0.3, 0.4) is 0 Å². The van der Waals surface area contributed by atoms with Gasteiger partial charge in [-0.15, -0.1) is 0 Å². The molecule has 16 heavy (non-hydrogen) atoms. The fourth-order valence-electron chi connectivity index (χ4n) is 1.98. The molecule has 1 aliphatic heterocycles. The molecule has 1 aromatic carbocycles. The minimum atomic E-state index is -0.384. The Morgan fingerprint density at radius 1 is 1.56 bits per heavy atom. The molecule has 2 rings (SSSR count). The number of anilines is 1. The summed E-state index contributed by atoms with van der Waals surface area (Å²) in [5.41, 5.74) is 7.84. The maximum Gasteiger partial charge on any atom is 0.254 e. The van der Waals surface area contributed by atoms with Gasteiger partial charge in [0.2, 0.25) is 0 Å². The number of nitrogens with zero attached hydrogens (tertiary/aromatic N) is 1. The first-order valence-corrected chi connectivity index (χ1v) is 5.42. The van der Waals surface area contributed by atoms with E-state index in [9.17, 15) is 9.90 Å². The SMILES string of the molecule is Cc1c(N)cccc1C(=O)N1CC[C@H](O)C1. The predicted molar refractivity (Wildman–Crippen MR) is 62.1 cm³/mol. The van der Waals surface area contributed by atoms with Crippen molar-refractivity contribution in [2.45, 2.75) is 19.4 Å². The number of carbonyl (C=O) groups excluding carboxylic acids is 1. The number of β-amino-alcohol motifs (C(OH)–C–C–N with tert-alkyl or cyclic N) is 1. The van der Waals surface area contributed by atoms with Gasteiger partial charge >= 0.3 is 0 Å². The zero-order valence-corrected chi connectivity index (χ0v) is 9.31. The fourth-order valence-corrected chi connectivity index (χ4v) is 1.98. The van der Waals surface area contributed by atoms with Gasteiger partial charge in [0.05, 0.1) is 6.10 Å². The highest BCUT2D eigenvalue weighted by Crippen LogP contribution is 2.19. The molecule has 4 heteroatoms. The Morgan fingerprint density at radius 2 is 2.31 bits per heavy atom. The minimum Gasteiger partial charge on any atom is -0.398 e. The molecule has 0 radical (unpaired) electrons. The molecule has 1 aliphatic rings. The summed E-state index contributed by atoms with van der Waals surface area (Å²) in [6.07, 6.45) is 0.276. The third-order valence-corrected chi connectivity index (χ3v) is 3.06. The molecule has 1 heterocycles. The molecule has 4 nitrogen and oxygen atoms in total. The second kappa shape index (κ2) is 4.14. The van der Waals surface area contributed by atoms with Gasteiger partial charge in [-0.3, -0.25) is 4.79 Å². The lowest BCUT2D eigenvalue weighted by Crippen LogP contribution is -2.30. The Labute approximate surface area is 94.7 Å². The Kier molecular flexibility index (Phi) is 2.83. The Hall–Kier alpha value is -1.55. The first-order chi connectivity index (χ1) is 7.59. The molecule has 1 amide bonds. The summed E-state index contributed by atoms with van der Waals surface area (Å²) < 4.78 is 0. The highest BCUT2D eigenvalue weighted by molar-refractivity contribution is 5.97. The number of carbonyl (C=O) groups is 1.